The minimum absolute atomic E-state index is 0.0617. The fraction of sp³-hybridized carbons (Fsp3) is 0.250. The molecule has 0 amide bonds. The van der Waals surface area contributed by atoms with Gasteiger partial charge in [0.15, 0.2) is 5.76 Å². The van der Waals surface area contributed by atoms with Gasteiger partial charge in [-0.25, -0.2) is 13.6 Å². The molecule has 2 aromatic carbocycles. The predicted molar refractivity (Wildman–Crippen MR) is 105 cm³/mol. The molecule has 152 valence electrons. The van der Waals surface area contributed by atoms with Crippen LogP contribution in [-0.2, 0) is 11.9 Å². The summed E-state index contributed by atoms with van der Waals surface area (Å²) in [4.78, 5) is 17.6. The number of rotatable bonds is 5. The summed E-state index contributed by atoms with van der Waals surface area (Å²) < 4.78 is 28.9. The van der Waals surface area contributed by atoms with Crippen molar-refractivity contribution >= 4 is 11.3 Å². The summed E-state index contributed by atoms with van der Waals surface area (Å²) in [5.41, 5.74) is 2.77. The van der Waals surface area contributed by atoms with E-state index in [0.29, 0.717) is 28.0 Å². The van der Waals surface area contributed by atoms with Crippen molar-refractivity contribution in [3.05, 3.63) is 74.7 Å². The molecule has 3 aromatic rings. The minimum Gasteiger partial charge on any atom is -0.410 e. The maximum atomic E-state index is 13.3. The number of benzene rings is 2. The number of allylic oxidation sites excluding steroid dienone is 1. The zero-order valence-electron chi connectivity index (χ0n) is 16.5. The van der Waals surface area contributed by atoms with Crippen LogP contribution in [0.1, 0.15) is 41.2 Å². The van der Waals surface area contributed by atoms with Gasteiger partial charge in [-0.05, 0) is 54.0 Å². The zero-order valence-corrected chi connectivity index (χ0v) is 16.5. The van der Waals surface area contributed by atoms with Gasteiger partial charge >= 0.3 is 5.69 Å². The summed E-state index contributed by atoms with van der Waals surface area (Å²) in [5.74, 6) is 5.87. The van der Waals surface area contributed by atoms with Crippen LogP contribution in [0.3, 0.4) is 0 Å². The smallest absolute Gasteiger partial charge is 0.368 e. The third-order valence-electron chi connectivity index (χ3n) is 4.90. The monoisotopic (exact) mass is 401 g/mol. The molecule has 0 radical (unpaired) electrons. The quantitative estimate of drug-likeness (QED) is 0.403. The second-order valence-electron chi connectivity index (χ2n) is 6.66. The maximum absolute atomic E-state index is 13.3. The number of tetrazole rings is 1. The predicted octanol–water partition coefficient (Wildman–Crippen LogP) is 3.30. The largest absolute Gasteiger partial charge is 0.410 e. The molecule has 0 bridgehead atoms. The molecule has 0 saturated carbocycles. The normalized spacial score (nSPS) is 12.3. The summed E-state index contributed by atoms with van der Waals surface area (Å²) in [6.07, 6.45) is -2.60. The molecule has 0 spiro atoms. The van der Waals surface area contributed by atoms with E-state index in [2.05, 4.69) is 10.4 Å². The Morgan fingerprint density at radius 2 is 1.83 bits per heavy atom. The number of halogens is 2. The van der Waals surface area contributed by atoms with Crippen LogP contribution in [-0.4, -0.2) is 19.8 Å². The first-order valence-electron chi connectivity index (χ1n) is 8.83. The molecule has 7 nitrogen and oxygen atoms in total. The standard InChI is InChI=1S/C20H21F2N5O2/c1-11-7-5-10-16(27-20(28)26(4)24-25-27)17(11)18(29-23)13(3)14-8-6-9-15(12(14)2)19(21)22/h5-10,19H,23H2,1-4H3/b18-13+. The van der Waals surface area contributed by atoms with Gasteiger partial charge in [0.2, 0.25) is 0 Å². The Morgan fingerprint density at radius 1 is 1.14 bits per heavy atom. The van der Waals surface area contributed by atoms with Crippen molar-refractivity contribution in [3.63, 3.8) is 0 Å². The first-order valence-corrected chi connectivity index (χ1v) is 8.83. The number of hydrogen-bond donors (Lipinski definition) is 1. The molecule has 0 aliphatic heterocycles. The average Bonchev–Trinajstić information content (AvgIpc) is 3.02. The molecule has 0 unspecified atom stereocenters. The van der Waals surface area contributed by atoms with E-state index >= 15 is 0 Å². The Hall–Kier alpha value is -3.33. The number of nitrogens with zero attached hydrogens (tertiary/aromatic N) is 4. The molecular formula is C20H21F2N5O2. The molecule has 29 heavy (non-hydrogen) atoms. The van der Waals surface area contributed by atoms with Gasteiger partial charge in [-0.2, -0.15) is 15.3 Å². The van der Waals surface area contributed by atoms with Crippen LogP contribution in [0.25, 0.3) is 17.0 Å². The molecular weight excluding hydrogens is 380 g/mol. The summed E-state index contributed by atoms with van der Waals surface area (Å²) in [7, 11) is 1.49. The van der Waals surface area contributed by atoms with Crippen LogP contribution >= 0.6 is 0 Å². The molecule has 1 aromatic heterocycles. The number of nitrogens with two attached hydrogens (primary N) is 1. The second-order valence-corrected chi connectivity index (χ2v) is 6.66. The van der Waals surface area contributed by atoms with Crippen LogP contribution in [0.4, 0.5) is 8.78 Å². The zero-order chi connectivity index (χ0) is 21.3. The molecule has 3 rings (SSSR count). The second kappa shape index (κ2) is 7.96. The highest BCUT2D eigenvalue weighted by atomic mass is 19.3. The van der Waals surface area contributed by atoms with Crippen molar-refractivity contribution in [2.75, 3.05) is 0 Å². The third-order valence-corrected chi connectivity index (χ3v) is 4.90. The molecule has 9 heteroatoms. The molecule has 0 atom stereocenters. The lowest BCUT2D eigenvalue weighted by Gasteiger charge is -2.18. The minimum atomic E-state index is -2.60. The summed E-state index contributed by atoms with van der Waals surface area (Å²) >= 11 is 0. The van der Waals surface area contributed by atoms with E-state index in [1.165, 1.54) is 13.1 Å². The Labute approximate surface area is 166 Å². The van der Waals surface area contributed by atoms with Crippen LogP contribution < -0.4 is 11.6 Å². The van der Waals surface area contributed by atoms with Gasteiger partial charge in [-0.15, -0.1) is 0 Å². The van der Waals surface area contributed by atoms with Crippen molar-refractivity contribution in [2.45, 2.75) is 27.2 Å². The molecule has 0 aliphatic carbocycles. The fourth-order valence-electron chi connectivity index (χ4n) is 3.34. The van der Waals surface area contributed by atoms with E-state index in [-0.39, 0.29) is 11.3 Å². The van der Waals surface area contributed by atoms with Crippen LogP contribution in [0.2, 0.25) is 0 Å². The van der Waals surface area contributed by atoms with Gasteiger partial charge in [0.25, 0.3) is 6.43 Å². The highest BCUT2D eigenvalue weighted by molar-refractivity contribution is 5.90. The van der Waals surface area contributed by atoms with Gasteiger partial charge in [0.05, 0.1) is 5.69 Å². The SMILES string of the molecule is C/C(=C(\ON)c1c(C)cccc1-n1nnn(C)c1=O)c1cccc(C(F)F)c1C. The fourth-order valence-corrected chi connectivity index (χ4v) is 3.34. The molecule has 2 N–H and O–H groups in total. The van der Waals surface area contributed by atoms with Crippen molar-refractivity contribution < 1.29 is 13.6 Å². The molecule has 1 heterocycles. The first-order chi connectivity index (χ1) is 13.8. The summed E-state index contributed by atoms with van der Waals surface area (Å²) in [5, 5.41) is 7.63. The van der Waals surface area contributed by atoms with Crippen molar-refractivity contribution in [3.8, 4) is 5.69 Å². The van der Waals surface area contributed by atoms with Crippen molar-refractivity contribution in [1.29, 1.82) is 0 Å². The highest BCUT2D eigenvalue weighted by Crippen LogP contribution is 2.35. The van der Waals surface area contributed by atoms with Crippen molar-refractivity contribution in [2.24, 2.45) is 12.9 Å². The highest BCUT2D eigenvalue weighted by Gasteiger charge is 2.22. The van der Waals surface area contributed by atoms with Gasteiger partial charge in [0, 0.05) is 23.7 Å². The van der Waals surface area contributed by atoms with E-state index in [9.17, 15) is 13.6 Å². The lowest BCUT2D eigenvalue weighted by atomic mass is 9.93. The molecule has 0 saturated heterocycles. The number of aromatic nitrogens is 4. The number of aryl methyl sites for hydroxylation is 2. The Bertz CT molecular complexity index is 1150. The molecule has 0 aliphatic rings. The van der Waals surface area contributed by atoms with Crippen molar-refractivity contribution in [1.82, 2.24) is 19.8 Å². The lowest BCUT2D eigenvalue weighted by Crippen LogP contribution is -2.23. The van der Waals surface area contributed by atoms with E-state index in [1.807, 2.05) is 13.0 Å². The first kappa shape index (κ1) is 20.4. The summed E-state index contributed by atoms with van der Waals surface area (Å²) in [6.45, 7) is 5.19. The van der Waals surface area contributed by atoms with E-state index in [4.69, 9.17) is 10.7 Å². The van der Waals surface area contributed by atoms with Gasteiger partial charge in [-0.1, -0.05) is 30.3 Å². The van der Waals surface area contributed by atoms with E-state index in [1.54, 1.807) is 38.1 Å². The third kappa shape index (κ3) is 3.56. The lowest BCUT2D eigenvalue weighted by molar-refractivity contribution is 0.150. The van der Waals surface area contributed by atoms with Gasteiger partial charge in [-0.3, -0.25) is 0 Å². The van der Waals surface area contributed by atoms with E-state index < -0.39 is 12.1 Å². The number of hydrogen-bond acceptors (Lipinski definition) is 5. The Morgan fingerprint density at radius 3 is 2.41 bits per heavy atom. The van der Waals surface area contributed by atoms with E-state index in [0.717, 1.165) is 14.9 Å². The Kier molecular flexibility index (Phi) is 5.60. The Balaban J connectivity index is 2.31. The van der Waals surface area contributed by atoms with Crippen LogP contribution in [0.5, 0.6) is 0 Å². The average molecular weight is 401 g/mol. The molecule has 0 fully saturated rings. The maximum Gasteiger partial charge on any atom is 0.368 e. The topological polar surface area (TPSA) is 88.0 Å². The van der Waals surface area contributed by atoms with Gasteiger partial charge < -0.3 is 4.84 Å². The van der Waals surface area contributed by atoms with Crippen LogP contribution in [0.15, 0.2) is 41.2 Å². The summed E-state index contributed by atoms with van der Waals surface area (Å²) in [6, 6.07) is 9.96. The number of alkyl halides is 2. The van der Waals surface area contributed by atoms with Crippen LogP contribution in [0, 0.1) is 13.8 Å². The van der Waals surface area contributed by atoms with Gasteiger partial charge in [0.1, 0.15) is 0 Å².